The lowest BCUT2D eigenvalue weighted by Gasteiger charge is -2.14. The Kier molecular flexibility index (Phi) is 2.20. The van der Waals surface area contributed by atoms with Crippen molar-refractivity contribution >= 4 is 0 Å². The molecular weight excluding hydrogens is 320 g/mol. The van der Waals surface area contributed by atoms with Crippen LogP contribution in [0.15, 0.2) is 24.3 Å². The van der Waals surface area contributed by atoms with Crippen LogP contribution < -0.4 is 0 Å². The molecule has 0 saturated heterocycles. The maximum atomic E-state index is 10.6. The standard InChI is InChI=1S/C19H18N2O4/c22-16-12-8-1-2-9(5-8)13(12)17(23)20(16)7-21-18(24)14-10-3-4-11(6-10)15(14)19(21)25/h1-4,8-11,22-25H,5-7H2. The van der Waals surface area contributed by atoms with Crippen molar-refractivity contribution in [3.8, 4) is 23.5 Å². The van der Waals surface area contributed by atoms with Gasteiger partial charge in [-0.15, -0.1) is 0 Å². The van der Waals surface area contributed by atoms with Gasteiger partial charge in [-0.2, -0.15) is 0 Å². The van der Waals surface area contributed by atoms with Crippen molar-refractivity contribution in [2.24, 2.45) is 0 Å². The number of rotatable bonds is 2. The summed E-state index contributed by atoms with van der Waals surface area (Å²) in [7, 11) is 0. The van der Waals surface area contributed by atoms with Gasteiger partial charge in [0.1, 0.15) is 6.67 Å². The molecule has 25 heavy (non-hydrogen) atoms. The third-order valence-electron chi connectivity index (χ3n) is 6.50. The Morgan fingerprint density at radius 3 is 1.16 bits per heavy atom. The van der Waals surface area contributed by atoms with Crippen LogP contribution in [0.4, 0.5) is 0 Å². The van der Waals surface area contributed by atoms with Crippen molar-refractivity contribution in [3.63, 3.8) is 0 Å². The van der Waals surface area contributed by atoms with E-state index in [2.05, 4.69) is 24.3 Å². The molecule has 4 aliphatic carbocycles. The maximum absolute atomic E-state index is 10.6. The average Bonchev–Trinajstić information content (AvgIpc) is 3.40. The van der Waals surface area contributed by atoms with Crippen molar-refractivity contribution in [2.45, 2.75) is 43.2 Å². The first-order chi connectivity index (χ1) is 12.1. The van der Waals surface area contributed by atoms with Gasteiger partial charge in [0.25, 0.3) is 0 Å². The highest BCUT2D eigenvalue weighted by molar-refractivity contribution is 5.60. The van der Waals surface area contributed by atoms with Gasteiger partial charge in [0.15, 0.2) is 23.5 Å². The molecule has 2 aromatic rings. The van der Waals surface area contributed by atoms with Gasteiger partial charge in [0, 0.05) is 45.9 Å². The Balaban J connectivity index is 1.47. The van der Waals surface area contributed by atoms with Crippen LogP contribution in [0.25, 0.3) is 0 Å². The molecule has 0 saturated carbocycles. The van der Waals surface area contributed by atoms with Gasteiger partial charge < -0.3 is 20.4 Å². The van der Waals surface area contributed by atoms with Gasteiger partial charge in [0.2, 0.25) is 0 Å². The van der Waals surface area contributed by atoms with Crippen LogP contribution in [0, 0.1) is 0 Å². The van der Waals surface area contributed by atoms with Gasteiger partial charge in [-0.1, -0.05) is 24.3 Å². The Hall–Kier alpha value is -2.76. The lowest BCUT2D eigenvalue weighted by atomic mass is 10.0. The van der Waals surface area contributed by atoms with Gasteiger partial charge in [-0.3, -0.25) is 9.13 Å². The molecule has 4 N–H and O–H groups in total. The molecule has 2 heterocycles. The molecule has 4 atom stereocenters. The fourth-order valence-corrected chi connectivity index (χ4v) is 5.39. The maximum Gasteiger partial charge on any atom is 0.199 e. The lowest BCUT2D eigenvalue weighted by molar-refractivity contribution is 0.314. The zero-order chi connectivity index (χ0) is 17.0. The minimum absolute atomic E-state index is 0.0196. The predicted octanol–water partition coefficient (Wildman–Crippen LogP) is 2.90. The molecule has 0 amide bonds. The fraction of sp³-hybridized carbons (Fsp3) is 0.368. The van der Waals surface area contributed by atoms with E-state index in [9.17, 15) is 20.4 Å². The van der Waals surface area contributed by atoms with Crippen LogP contribution in [0.2, 0.25) is 0 Å². The minimum Gasteiger partial charge on any atom is -0.494 e. The highest BCUT2D eigenvalue weighted by Gasteiger charge is 2.43. The van der Waals surface area contributed by atoms with Crippen molar-refractivity contribution in [1.29, 1.82) is 0 Å². The molecule has 0 radical (unpaired) electrons. The summed E-state index contributed by atoms with van der Waals surface area (Å²) >= 11 is 0. The van der Waals surface area contributed by atoms with Crippen molar-refractivity contribution in [3.05, 3.63) is 46.6 Å². The number of hydrogen-bond acceptors (Lipinski definition) is 4. The van der Waals surface area contributed by atoms with Crippen molar-refractivity contribution in [2.75, 3.05) is 0 Å². The summed E-state index contributed by atoms with van der Waals surface area (Å²) in [6.45, 7) is -0.0196. The molecule has 0 aliphatic heterocycles. The van der Waals surface area contributed by atoms with Crippen LogP contribution >= 0.6 is 0 Å². The molecule has 2 aromatic heterocycles. The molecule has 4 bridgehead atoms. The van der Waals surface area contributed by atoms with Crippen molar-refractivity contribution < 1.29 is 20.4 Å². The molecule has 0 fully saturated rings. The highest BCUT2D eigenvalue weighted by Crippen LogP contribution is 2.58. The SMILES string of the molecule is Oc1c2c(c(O)n1Cn1c(O)c3c(c1O)C1C=CC3C1)C1C=CC2C1. The number of hydrogen-bond donors (Lipinski definition) is 4. The molecule has 0 aromatic carbocycles. The van der Waals surface area contributed by atoms with Gasteiger partial charge in [-0.25, -0.2) is 0 Å². The Morgan fingerprint density at radius 2 is 0.880 bits per heavy atom. The lowest BCUT2D eigenvalue weighted by Crippen LogP contribution is -2.08. The normalized spacial score (nSPS) is 29.8. The summed E-state index contributed by atoms with van der Waals surface area (Å²) in [4.78, 5) is 0. The van der Waals surface area contributed by atoms with E-state index in [4.69, 9.17) is 0 Å². The van der Waals surface area contributed by atoms with Crippen molar-refractivity contribution in [1.82, 2.24) is 9.13 Å². The van der Waals surface area contributed by atoms with Crippen LogP contribution in [-0.2, 0) is 6.67 Å². The smallest absolute Gasteiger partial charge is 0.199 e. The average molecular weight is 338 g/mol. The van der Waals surface area contributed by atoms with Crippen LogP contribution in [-0.4, -0.2) is 29.6 Å². The highest BCUT2D eigenvalue weighted by atomic mass is 16.3. The van der Waals surface area contributed by atoms with Gasteiger partial charge in [-0.05, 0) is 12.8 Å². The summed E-state index contributed by atoms with van der Waals surface area (Å²) in [5.41, 5.74) is 3.13. The van der Waals surface area contributed by atoms with E-state index in [1.165, 1.54) is 9.13 Å². The van der Waals surface area contributed by atoms with E-state index >= 15 is 0 Å². The second kappa shape index (κ2) is 4.07. The third-order valence-corrected chi connectivity index (χ3v) is 6.50. The third kappa shape index (κ3) is 1.39. The molecule has 6 nitrogen and oxygen atoms in total. The van der Waals surface area contributed by atoms with Crippen LogP contribution in [0.3, 0.4) is 0 Å². The number of allylic oxidation sites excluding steroid dienone is 4. The topological polar surface area (TPSA) is 90.8 Å². The summed E-state index contributed by atoms with van der Waals surface area (Å²) in [5, 5.41) is 42.6. The molecule has 6 rings (SSSR count). The van der Waals surface area contributed by atoms with E-state index in [1.54, 1.807) is 0 Å². The minimum atomic E-state index is -0.0196. The summed E-state index contributed by atoms with van der Waals surface area (Å²) in [5.74, 6) is 0.675. The number of fused-ring (bicyclic) bond motifs is 10. The first-order valence-electron chi connectivity index (χ1n) is 8.71. The van der Waals surface area contributed by atoms with E-state index in [1.807, 2.05) is 0 Å². The summed E-state index contributed by atoms with van der Waals surface area (Å²) in [6, 6.07) is 0. The van der Waals surface area contributed by atoms with E-state index in [-0.39, 0.29) is 53.9 Å². The second-order valence-corrected chi connectivity index (χ2v) is 7.61. The Morgan fingerprint density at radius 1 is 0.600 bits per heavy atom. The largest absolute Gasteiger partial charge is 0.494 e. The Bertz CT molecular complexity index is 859. The first kappa shape index (κ1) is 13.5. The molecule has 0 spiro atoms. The predicted molar refractivity (Wildman–Crippen MR) is 89.4 cm³/mol. The van der Waals surface area contributed by atoms with Crippen LogP contribution in [0.1, 0.15) is 58.8 Å². The Labute approximate surface area is 143 Å². The molecule has 6 heteroatoms. The number of aromatic hydroxyl groups is 4. The van der Waals surface area contributed by atoms with E-state index in [0.29, 0.717) is 0 Å². The van der Waals surface area contributed by atoms with Gasteiger partial charge in [0.05, 0.1) is 0 Å². The monoisotopic (exact) mass is 338 g/mol. The molecular formula is C19H18N2O4. The summed E-state index contributed by atoms with van der Waals surface area (Å²) < 4.78 is 2.75. The van der Waals surface area contributed by atoms with E-state index in [0.717, 1.165) is 35.1 Å². The first-order valence-corrected chi connectivity index (χ1v) is 8.71. The molecule has 4 unspecified atom stereocenters. The number of aromatic nitrogens is 2. The van der Waals surface area contributed by atoms with E-state index < -0.39 is 0 Å². The quantitative estimate of drug-likeness (QED) is 0.634. The second-order valence-electron chi connectivity index (χ2n) is 7.61. The molecule has 4 aliphatic rings. The van der Waals surface area contributed by atoms with Gasteiger partial charge >= 0.3 is 0 Å². The molecule has 128 valence electrons. The zero-order valence-electron chi connectivity index (χ0n) is 13.4. The van der Waals surface area contributed by atoms with Crippen LogP contribution in [0.5, 0.6) is 23.5 Å². The summed E-state index contributed by atoms with van der Waals surface area (Å²) in [6.07, 6.45) is 10.1. The zero-order valence-corrected chi connectivity index (χ0v) is 13.4. The number of nitrogens with zero attached hydrogens (tertiary/aromatic N) is 2. The fourth-order valence-electron chi connectivity index (χ4n) is 5.39.